The molecule has 0 unspecified atom stereocenters. The fourth-order valence-electron chi connectivity index (χ4n) is 1.69. The van der Waals surface area contributed by atoms with Crippen molar-refractivity contribution in [1.82, 2.24) is 10.2 Å². The van der Waals surface area contributed by atoms with Gasteiger partial charge < -0.3 is 20.5 Å². The van der Waals surface area contributed by atoms with Crippen LogP contribution < -0.4 is 20.5 Å². The summed E-state index contributed by atoms with van der Waals surface area (Å²) in [4.78, 5) is 0. The number of nitrogens with one attached hydrogen (secondary N) is 1. The van der Waals surface area contributed by atoms with E-state index in [4.69, 9.17) is 15.2 Å². The number of benzene rings is 1. The molecular formula is C14H18N4O2. The molecule has 6 heteroatoms. The van der Waals surface area contributed by atoms with Gasteiger partial charge in [0, 0.05) is 6.07 Å². The van der Waals surface area contributed by atoms with Crippen LogP contribution in [0, 0.1) is 0 Å². The van der Waals surface area contributed by atoms with E-state index in [9.17, 15) is 0 Å². The molecular weight excluding hydrogens is 256 g/mol. The second-order valence-corrected chi connectivity index (χ2v) is 3.99. The molecule has 3 N–H and O–H groups in total. The maximum Gasteiger partial charge on any atom is 0.153 e. The molecule has 0 aliphatic carbocycles. The maximum atomic E-state index is 5.58. The Bertz CT molecular complexity index is 558. The Morgan fingerprint density at radius 1 is 1.05 bits per heavy atom. The summed E-state index contributed by atoms with van der Waals surface area (Å²) in [6, 6.07) is 9.04. The molecule has 0 saturated carbocycles. The van der Waals surface area contributed by atoms with Gasteiger partial charge in [0.1, 0.15) is 17.3 Å². The molecule has 106 valence electrons. The SMILES string of the molecule is CCOc1ccc(OCC)c(Nc2ccc(N)nn2)c1. The fraction of sp³-hybridized carbons (Fsp3) is 0.286. The van der Waals surface area contributed by atoms with Crippen LogP contribution in [0.5, 0.6) is 11.5 Å². The second-order valence-electron chi connectivity index (χ2n) is 3.99. The Balaban J connectivity index is 2.26. The summed E-state index contributed by atoms with van der Waals surface area (Å²) in [5, 5.41) is 10.9. The predicted octanol–water partition coefficient (Wildman–Crippen LogP) is 2.60. The van der Waals surface area contributed by atoms with Crippen molar-refractivity contribution in [2.75, 3.05) is 24.3 Å². The van der Waals surface area contributed by atoms with Gasteiger partial charge in [-0.2, -0.15) is 0 Å². The first kappa shape index (κ1) is 13.9. The molecule has 0 fully saturated rings. The Morgan fingerprint density at radius 3 is 2.50 bits per heavy atom. The minimum Gasteiger partial charge on any atom is -0.494 e. The van der Waals surface area contributed by atoms with Crippen LogP contribution >= 0.6 is 0 Å². The van der Waals surface area contributed by atoms with E-state index in [2.05, 4.69) is 15.5 Å². The first-order valence-electron chi connectivity index (χ1n) is 6.48. The average molecular weight is 274 g/mol. The molecule has 2 aromatic rings. The van der Waals surface area contributed by atoms with Gasteiger partial charge in [-0.15, -0.1) is 10.2 Å². The summed E-state index contributed by atoms with van der Waals surface area (Å²) in [6.07, 6.45) is 0. The number of nitrogens with zero attached hydrogens (tertiary/aromatic N) is 2. The van der Waals surface area contributed by atoms with Gasteiger partial charge in [-0.25, -0.2) is 0 Å². The van der Waals surface area contributed by atoms with Crippen LogP contribution in [0.15, 0.2) is 30.3 Å². The molecule has 0 aliphatic rings. The number of anilines is 3. The third-order valence-electron chi connectivity index (χ3n) is 2.51. The lowest BCUT2D eigenvalue weighted by molar-refractivity contribution is 0.332. The first-order valence-corrected chi connectivity index (χ1v) is 6.48. The molecule has 20 heavy (non-hydrogen) atoms. The second kappa shape index (κ2) is 6.60. The monoisotopic (exact) mass is 274 g/mol. The van der Waals surface area contributed by atoms with Gasteiger partial charge >= 0.3 is 0 Å². The topological polar surface area (TPSA) is 82.3 Å². The molecule has 1 aromatic heterocycles. The number of nitrogens with two attached hydrogens (primary N) is 1. The number of ether oxygens (including phenoxy) is 2. The molecule has 0 atom stereocenters. The van der Waals surface area contributed by atoms with Crippen molar-refractivity contribution in [2.45, 2.75) is 13.8 Å². The lowest BCUT2D eigenvalue weighted by Gasteiger charge is -2.13. The van der Waals surface area contributed by atoms with Crippen molar-refractivity contribution in [3.63, 3.8) is 0 Å². The van der Waals surface area contributed by atoms with Crippen molar-refractivity contribution in [2.24, 2.45) is 0 Å². The number of nitrogen functional groups attached to an aromatic ring is 1. The quantitative estimate of drug-likeness (QED) is 0.842. The number of rotatable bonds is 6. The van der Waals surface area contributed by atoms with Gasteiger partial charge in [0.05, 0.1) is 18.9 Å². The summed E-state index contributed by atoms with van der Waals surface area (Å²) in [5.74, 6) is 2.47. The van der Waals surface area contributed by atoms with Gasteiger partial charge in [-0.3, -0.25) is 0 Å². The molecule has 1 heterocycles. The Morgan fingerprint density at radius 2 is 1.85 bits per heavy atom. The Hall–Kier alpha value is -2.50. The van der Waals surface area contributed by atoms with E-state index in [1.165, 1.54) is 0 Å². The summed E-state index contributed by atoms with van der Waals surface area (Å²) in [5.41, 5.74) is 6.29. The molecule has 0 spiro atoms. The highest BCUT2D eigenvalue weighted by atomic mass is 16.5. The van der Waals surface area contributed by atoms with Crippen molar-refractivity contribution in [3.8, 4) is 11.5 Å². The molecule has 0 radical (unpaired) electrons. The van der Waals surface area contributed by atoms with Gasteiger partial charge in [-0.1, -0.05) is 0 Å². The fourth-order valence-corrected chi connectivity index (χ4v) is 1.69. The zero-order chi connectivity index (χ0) is 14.4. The van der Waals surface area contributed by atoms with E-state index in [0.29, 0.717) is 24.8 Å². The van der Waals surface area contributed by atoms with Crippen molar-refractivity contribution < 1.29 is 9.47 Å². The van der Waals surface area contributed by atoms with Gasteiger partial charge in [0.2, 0.25) is 0 Å². The van der Waals surface area contributed by atoms with E-state index >= 15 is 0 Å². The third kappa shape index (κ3) is 3.50. The normalized spacial score (nSPS) is 10.1. The van der Waals surface area contributed by atoms with Crippen LogP contribution in [0.1, 0.15) is 13.8 Å². The minimum atomic E-state index is 0.378. The van der Waals surface area contributed by atoms with Crippen LogP contribution in [0.3, 0.4) is 0 Å². The smallest absolute Gasteiger partial charge is 0.153 e. The third-order valence-corrected chi connectivity index (χ3v) is 2.51. The van der Waals surface area contributed by atoms with Crippen molar-refractivity contribution >= 4 is 17.3 Å². The van der Waals surface area contributed by atoms with Crippen LogP contribution in [-0.4, -0.2) is 23.4 Å². The lowest BCUT2D eigenvalue weighted by atomic mass is 10.2. The van der Waals surface area contributed by atoms with Crippen molar-refractivity contribution in [1.29, 1.82) is 0 Å². The predicted molar refractivity (Wildman–Crippen MR) is 78.5 cm³/mol. The summed E-state index contributed by atoms with van der Waals surface area (Å²) in [7, 11) is 0. The molecule has 0 bridgehead atoms. The highest BCUT2D eigenvalue weighted by molar-refractivity contribution is 5.66. The molecule has 0 saturated heterocycles. The van der Waals surface area contributed by atoms with Crippen LogP contribution in [0.2, 0.25) is 0 Å². The van der Waals surface area contributed by atoms with E-state index in [0.717, 1.165) is 17.2 Å². The van der Waals surface area contributed by atoms with Gasteiger partial charge in [0.15, 0.2) is 5.82 Å². The lowest BCUT2D eigenvalue weighted by Crippen LogP contribution is -2.02. The summed E-state index contributed by atoms with van der Waals surface area (Å²) >= 11 is 0. The van der Waals surface area contributed by atoms with Crippen LogP contribution in [-0.2, 0) is 0 Å². The zero-order valence-electron chi connectivity index (χ0n) is 11.6. The summed E-state index contributed by atoms with van der Waals surface area (Å²) in [6.45, 7) is 5.06. The highest BCUT2D eigenvalue weighted by Gasteiger charge is 2.07. The zero-order valence-corrected chi connectivity index (χ0v) is 11.6. The van der Waals surface area contributed by atoms with E-state index < -0.39 is 0 Å². The van der Waals surface area contributed by atoms with E-state index in [1.807, 2.05) is 32.0 Å². The van der Waals surface area contributed by atoms with Gasteiger partial charge in [0.25, 0.3) is 0 Å². The molecule has 0 amide bonds. The van der Waals surface area contributed by atoms with Crippen LogP contribution in [0.25, 0.3) is 0 Å². The largest absolute Gasteiger partial charge is 0.494 e. The van der Waals surface area contributed by atoms with Crippen molar-refractivity contribution in [3.05, 3.63) is 30.3 Å². The average Bonchev–Trinajstić information content (AvgIpc) is 2.45. The first-order chi connectivity index (χ1) is 9.72. The van der Waals surface area contributed by atoms with E-state index in [1.54, 1.807) is 12.1 Å². The standard InChI is InChI=1S/C14H18N4O2/c1-3-19-10-5-6-12(20-4-2)11(9-10)16-14-8-7-13(15)17-18-14/h5-9H,3-4H2,1-2H3,(H2,15,17)(H,16,18). The maximum absolute atomic E-state index is 5.58. The molecule has 6 nitrogen and oxygen atoms in total. The Labute approximate surface area is 117 Å². The minimum absolute atomic E-state index is 0.378. The highest BCUT2D eigenvalue weighted by Crippen LogP contribution is 2.31. The molecule has 0 aliphatic heterocycles. The van der Waals surface area contributed by atoms with Gasteiger partial charge in [-0.05, 0) is 38.1 Å². The number of hydrogen-bond donors (Lipinski definition) is 2. The Kier molecular flexibility index (Phi) is 4.60. The number of aromatic nitrogens is 2. The molecule has 1 aromatic carbocycles. The molecule has 2 rings (SSSR count). The van der Waals surface area contributed by atoms with E-state index in [-0.39, 0.29) is 0 Å². The number of hydrogen-bond acceptors (Lipinski definition) is 6. The summed E-state index contributed by atoms with van der Waals surface area (Å²) < 4.78 is 11.1. The van der Waals surface area contributed by atoms with Crippen LogP contribution in [0.4, 0.5) is 17.3 Å².